The standard InChI is InChI=1S/C36H47F3N8OS.CH4O/c1-34(2,36(37,38)39)26-48-30-17-24-47(45-30)33-32(41-21-22-42-33)28-14-8-7-13-27(28)12-6-4-5-9-23-46(25-19-35(3)18-11-20-43-35)29-15-10-16-31(44-29)49-40;1-2/h7-8,10,13-17,21-22,24,43H,4-6,9,11-12,18-20,23,25-26,40H2,1-3H3;2H,1H3. The molecule has 1 fully saturated rings. The number of anilines is 1. The van der Waals surface area contributed by atoms with Crippen LogP contribution in [0.3, 0.4) is 0 Å². The second-order valence-electron chi connectivity index (χ2n) is 13.6. The maximum Gasteiger partial charge on any atom is 0.397 e. The van der Waals surface area contributed by atoms with E-state index in [9.17, 15) is 13.2 Å². The van der Waals surface area contributed by atoms with Gasteiger partial charge in [-0.25, -0.2) is 14.6 Å². The van der Waals surface area contributed by atoms with E-state index in [1.54, 1.807) is 18.6 Å². The van der Waals surface area contributed by atoms with Gasteiger partial charge in [0, 0.05) is 56.0 Å². The zero-order valence-corrected chi connectivity index (χ0v) is 30.8. The Morgan fingerprint density at radius 1 is 1.00 bits per heavy atom. The number of aliphatic hydroxyl groups is 1. The molecule has 5 rings (SSSR count). The predicted molar refractivity (Wildman–Crippen MR) is 197 cm³/mol. The molecule has 1 aliphatic rings. The van der Waals surface area contributed by atoms with E-state index in [0.29, 0.717) is 11.5 Å². The fourth-order valence-electron chi connectivity index (χ4n) is 6.01. The van der Waals surface area contributed by atoms with Crippen LogP contribution < -0.4 is 20.1 Å². The molecule has 1 aliphatic heterocycles. The van der Waals surface area contributed by atoms with E-state index in [2.05, 4.69) is 44.3 Å². The van der Waals surface area contributed by atoms with Crippen molar-refractivity contribution in [3.8, 4) is 23.0 Å². The lowest BCUT2D eigenvalue weighted by Gasteiger charge is -2.30. The largest absolute Gasteiger partial charge is 0.476 e. The van der Waals surface area contributed by atoms with Crippen LogP contribution in [-0.4, -0.2) is 74.9 Å². The average molecular weight is 729 g/mol. The minimum Gasteiger partial charge on any atom is -0.476 e. The highest BCUT2D eigenvalue weighted by atomic mass is 32.2. The molecule has 10 nitrogen and oxygen atoms in total. The van der Waals surface area contributed by atoms with E-state index < -0.39 is 18.2 Å². The zero-order valence-electron chi connectivity index (χ0n) is 30.0. The van der Waals surface area contributed by atoms with Crippen LogP contribution in [0.15, 0.2) is 72.1 Å². The summed E-state index contributed by atoms with van der Waals surface area (Å²) < 4.78 is 46.9. The summed E-state index contributed by atoms with van der Waals surface area (Å²) in [5.74, 6) is 1.55. The topological polar surface area (TPSA) is 127 Å². The molecule has 0 aliphatic carbocycles. The van der Waals surface area contributed by atoms with Crippen molar-refractivity contribution in [1.29, 1.82) is 0 Å². The smallest absolute Gasteiger partial charge is 0.397 e. The average Bonchev–Trinajstić information content (AvgIpc) is 3.80. The van der Waals surface area contributed by atoms with Gasteiger partial charge in [-0.1, -0.05) is 43.2 Å². The molecule has 0 amide bonds. The van der Waals surface area contributed by atoms with Gasteiger partial charge < -0.3 is 20.1 Å². The Balaban J connectivity index is 0.00000286. The van der Waals surface area contributed by atoms with E-state index in [-0.39, 0.29) is 11.4 Å². The van der Waals surface area contributed by atoms with E-state index >= 15 is 0 Å². The van der Waals surface area contributed by atoms with Gasteiger partial charge in [-0.05, 0) is 95.5 Å². The quantitative estimate of drug-likeness (QED) is 0.0748. The van der Waals surface area contributed by atoms with Gasteiger partial charge in [-0.2, -0.15) is 13.2 Å². The first kappa shape index (κ1) is 40.1. The number of hydrogen-bond donors (Lipinski definition) is 3. The summed E-state index contributed by atoms with van der Waals surface area (Å²) in [7, 11) is 1.00. The van der Waals surface area contributed by atoms with Crippen molar-refractivity contribution in [2.24, 2.45) is 10.6 Å². The number of rotatable bonds is 17. The fraction of sp³-hybridized carbons (Fsp3) is 0.514. The number of alkyl halides is 3. The molecule has 278 valence electrons. The lowest BCUT2D eigenvalue weighted by atomic mass is 9.94. The molecule has 51 heavy (non-hydrogen) atoms. The second-order valence-corrected chi connectivity index (χ2v) is 14.3. The van der Waals surface area contributed by atoms with Crippen LogP contribution in [0.25, 0.3) is 17.1 Å². The number of hydrogen-bond acceptors (Lipinski definition) is 10. The summed E-state index contributed by atoms with van der Waals surface area (Å²) >= 11 is 1.18. The van der Waals surface area contributed by atoms with Gasteiger partial charge in [0.2, 0.25) is 5.88 Å². The van der Waals surface area contributed by atoms with Gasteiger partial charge in [0.15, 0.2) is 5.82 Å². The first-order valence-electron chi connectivity index (χ1n) is 17.4. The minimum atomic E-state index is -4.39. The lowest BCUT2D eigenvalue weighted by molar-refractivity contribution is -0.219. The first-order valence-corrected chi connectivity index (χ1v) is 18.3. The molecule has 1 aromatic carbocycles. The summed E-state index contributed by atoms with van der Waals surface area (Å²) in [6, 6.07) is 15.7. The number of nitrogens with one attached hydrogen (secondary N) is 1. The molecule has 14 heteroatoms. The van der Waals surface area contributed by atoms with Crippen molar-refractivity contribution in [2.75, 3.05) is 38.3 Å². The molecule has 1 unspecified atom stereocenters. The predicted octanol–water partition coefficient (Wildman–Crippen LogP) is 7.41. The van der Waals surface area contributed by atoms with Crippen molar-refractivity contribution in [3.05, 3.63) is 72.7 Å². The number of aromatic nitrogens is 5. The number of benzene rings is 1. The van der Waals surface area contributed by atoms with Crippen molar-refractivity contribution in [2.45, 2.75) is 88.9 Å². The van der Waals surface area contributed by atoms with Crippen molar-refractivity contribution in [3.63, 3.8) is 0 Å². The van der Waals surface area contributed by atoms with E-state index in [0.717, 1.165) is 101 Å². The van der Waals surface area contributed by atoms with Gasteiger partial charge in [0.25, 0.3) is 0 Å². The highest BCUT2D eigenvalue weighted by Gasteiger charge is 2.48. The van der Waals surface area contributed by atoms with Crippen LogP contribution in [0, 0.1) is 5.41 Å². The van der Waals surface area contributed by atoms with Crippen molar-refractivity contribution < 1.29 is 23.0 Å². The molecule has 0 bridgehead atoms. The molecule has 4 N–H and O–H groups in total. The summed E-state index contributed by atoms with van der Waals surface area (Å²) in [5, 5.41) is 21.7. The highest BCUT2D eigenvalue weighted by Crippen LogP contribution is 2.38. The third-order valence-electron chi connectivity index (χ3n) is 9.25. The SMILES string of the molecule is CC1(CCN(CCCCCCc2ccccc2-c2nccnc2-n2ccc(OCC(C)(C)C(F)(F)F)n2)c2cccc(SN)n2)CCCN1.CO. The fourth-order valence-corrected chi connectivity index (χ4v) is 6.31. The molecule has 0 radical (unpaired) electrons. The number of halogens is 3. The van der Waals surface area contributed by atoms with Gasteiger partial charge in [0.1, 0.15) is 23.1 Å². The molecule has 4 heterocycles. The van der Waals surface area contributed by atoms with E-state index in [1.807, 2.05) is 30.3 Å². The molecular formula is C37H51F3N8O2S. The molecule has 0 saturated carbocycles. The number of ether oxygens (including phenoxy) is 1. The van der Waals surface area contributed by atoms with Crippen LogP contribution >= 0.6 is 11.9 Å². The maximum atomic E-state index is 13.3. The molecule has 1 saturated heterocycles. The molecule has 1 atom stereocenters. The second kappa shape index (κ2) is 18.7. The Labute approximate surface area is 303 Å². The van der Waals surface area contributed by atoms with Gasteiger partial charge >= 0.3 is 6.18 Å². The Morgan fingerprint density at radius 2 is 1.76 bits per heavy atom. The number of nitrogens with two attached hydrogens (primary N) is 1. The first-order chi connectivity index (χ1) is 24.5. The number of pyridine rings is 1. The summed E-state index contributed by atoms with van der Waals surface area (Å²) in [5.41, 5.74) is 0.917. The summed E-state index contributed by atoms with van der Waals surface area (Å²) in [6.45, 7) is 6.95. The molecule has 4 aromatic rings. The van der Waals surface area contributed by atoms with Crippen LogP contribution in [0.2, 0.25) is 0 Å². The van der Waals surface area contributed by atoms with Crippen LogP contribution in [-0.2, 0) is 6.42 Å². The number of aliphatic hydroxyl groups excluding tert-OH is 1. The summed E-state index contributed by atoms with van der Waals surface area (Å²) in [6.07, 6.45) is 9.05. The molecule has 3 aromatic heterocycles. The molecule has 0 spiro atoms. The van der Waals surface area contributed by atoms with Crippen LogP contribution in [0.5, 0.6) is 5.88 Å². The number of aryl methyl sites for hydroxylation is 1. The van der Waals surface area contributed by atoms with Gasteiger partial charge in [-0.15, -0.1) is 5.10 Å². The maximum absolute atomic E-state index is 13.3. The minimum absolute atomic E-state index is 0.0898. The zero-order chi connectivity index (χ0) is 36.9. The lowest BCUT2D eigenvalue weighted by Crippen LogP contribution is -2.40. The Hall–Kier alpha value is -3.72. The third-order valence-corrected chi connectivity index (χ3v) is 9.72. The summed E-state index contributed by atoms with van der Waals surface area (Å²) in [4.78, 5) is 16.4. The normalized spacial score (nSPS) is 16.1. The van der Waals surface area contributed by atoms with Gasteiger partial charge in [0.05, 0.1) is 5.41 Å². The highest BCUT2D eigenvalue weighted by molar-refractivity contribution is 7.97. The van der Waals surface area contributed by atoms with E-state index in [1.165, 1.54) is 35.5 Å². The Morgan fingerprint density at radius 3 is 2.51 bits per heavy atom. The molecular weight excluding hydrogens is 678 g/mol. The monoisotopic (exact) mass is 728 g/mol. The van der Waals surface area contributed by atoms with Crippen LogP contribution in [0.4, 0.5) is 19.0 Å². The Bertz CT molecular complexity index is 1650. The number of nitrogens with zero attached hydrogens (tertiary/aromatic N) is 6. The van der Waals surface area contributed by atoms with Crippen LogP contribution in [0.1, 0.15) is 71.3 Å². The van der Waals surface area contributed by atoms with Gasteiger partial charge in [-0.3, -0.25) is 10.1 Å². The van der Waals surface area contributed by atoms with Crippen molar-refractivity contribution in [1.82, 2.24) is 30.0 Å². The Kier molecular flexibility index (Phi) is 14.7. The third kappa shape index (κ3) is 11.1. The number of unbranched alkanes of at least 4 members (excludes halogenated alkanes) is 3. The van der Waals surface area contributed by atoms with Crippen molar-refractivity contribution >= 4 is 17.8 Å². The van der Waals surface area contributed by atoms with E-state index in [4.69, 9.17) is 20.0 Å².